The van der Waals surface area contributed by atoms with Gasteiger partial charge in [-0.1, -0.05) is 26.2 Å². The van der Waals surface area contributed by atoms with E-state index in [1.165, 1.54) is 24.8 Å². The van der Waals surface area contributed by atoms with E-state index in [1.807, 2.05) is 0 Å². The molecule has 0 nitrogen and oxygen atoms in total. The molecule has 1 radical (unpaired) electrons. The van der Waals surface area contributed by atoms with E-state index >= 15 is 0 Å². The minimum absolute atomic E-state index is 0. The molecule has 0 fully saturated rings. The van der Waals surface area contributed by atoms with E-state index in [0.717, 1.165) is 6.42 Å². The van der Waals surface area contributed by atoms with Gasteiger partial charge in [0.1, 0.15) is 0 Å². The van der Waals surface area contributed by atoms with Gasteiger partial charge in [-0.2, -0.15) is 6.08 Å². The van der Waals surface area contributed by atoms with Crippen LogP contribution in [0.4, 0.5) is 0 Å². The molecule has 1 aliphatic rings. The third-order valence-corrected chi connectivity index (χ3v) is 1.57. The van der Waals surface area contributed by atoms with Crippen LogP contribution in [0.3, 0.4) is 0 Å². The molecule has 1 rings (SSSR count). The molecule has 0 aliphatic heterocycles. The molecule has 0 spiro atoms. The molecule has 0 heterocycles. The summed E-state index contributed by atoms with van der Waals surface area (Å²) >= 11 is 0. The maximum absolute atomic E-state index is 3.30. The predicted molar refractivity (Wildman–Crippen MR) is 40.0 cm³/mol. The van der Waals surface area contributed by atoms with Crippen molar-refractivity contribution in [2.24, 2.45) is 0 Å². The molecule has 0 aromatic rings. The Labute approximate surface area is 88.7 Å². The average Bonchev–Trinajstić information content (AvgIpc) is 2.34. The summed E-state index contributed by atoms with van der Waals surface area (Å²) in [6.07, 6.45) is 12.5. The summed E-state index contributed by atoms with van der Waals surface area (Å²) in [5, 5.41) is 0. The molecular formula is C9H13Y-. The summed E-state index contributed by atoms with van der Waals surface area (Å²) in [4.78, 5) is 0. The molecule has 0 unspecified atom stereocenters. The summed E-state index contributed by atoms with van der Waals surface area (Å²) in [5.41, 5.74) is 1.41. The Morgan fingerprint density at radius 2 is 2.40 bits per heavy atom. The van der Waals surface area contributed by atoms with Gasteiger partial charge in [-0.3, -0.25) is 6.08 Å². The molecule has 0 bridgehead atoms. The van der Waals surface area contributed by atoms with Crippen LogP contribution >= 0.6 is 0 Å². The smallest absolute Gasteiger partial charge is 0 e. The third kappa shape index (κ3) is 3.68. The van der Waals surface area contributed by atoms with Crippen molar-refractivity contribution in [2.45, 2.75) is 32.6 Å². The Balaban J connectivity index is 0.000000810. The Morgan fingerprint density at radius 1 is 1.60 bits per heavy atom. The van der Waals surface area contributed by atoms with Gasteiger partial charge in [-0.05, 0) is 0 Å². The van der Waals surface area contributed by atoms with Crippen LogP contribution in [0.2, 0.25) is 0 Å². The first kappa shape index (κ1) is 10.6. The molecule has 0 aromatic heterocycles. The van der Waals surface area contributed by atoms with Gasteiger partial charge >= 0.3 is 0 Å². The van der Waals surface area contributed by atoms with E-state index in [1.54, 1.807) is 0 Å². The van der Waals surface area contributed by atoms with Crippen molar-refractivity contribution >= 4 is 0 Å². The quantitative estimate of drug-likeness (QED) is 0.628. The molecule has 0 atom stereocenters. The Kier molecular flexibility index (Phi) is 6.67. The van der Waals surface area contributed by atoms with Gasteiger partial charge in [-0.15, -0.1) is 6.42 Å². The van der Waals surface area contributed by atoms with E-state index < -0.39 is 0 Å². The third-order valence-electron chi connectivity index (χ3n) is 1.57. The van der Waals surface area contributed by atoms with Crippen molar-refractivity contribution in [3.8, 4) is 0 Å². The minimum Gasteiger partial charge on any atom is -0.269 e. The van der Waals surface area contributed by atoms with Crippen molar-refractivity contribution in [3.63, 3.8) is 0 Å². The fraction of sp³-hybridized carbons (Fsp3) is 0.556. The zero-order valence-electron chi connectivity index (χ0n) is 6.56. The number of hydrogen-bond acceptors (Lipinski definition) is 0. The molecule has 1 aliphatic carbocycles. The zero-order chi connectivity index (χ0) is 6.53. The number of rotatable bonds is 3. The fourth-order valence-electron chi connectivity index (χ4n) is 0.989. The second kappa shape index (κ2) is 6.30. The molecule has 53 valence electrons. The first-order valence-electron chi connectivity index (χ1n) is 3.69. The molecule has 0 N–H and O–H groups in total. The topological polar surface area (TPSA) is 0 Å². The second-order valence-electron chi connectivity index (χ2n) is 2.41. The fourth-order valence-corrected chi connectivity index (χ4v) is 0.989. The van der Waals surface area contributed by atoms with Crippen LogP contribution in [-0.2, 0) is 32.7 Å². The molecule has 0 saturated carbocycles. The van der Waals surface area contributed by atoms with Gasteiger partial charge < -0.3 is 0 Å². The Hall–Kier alpha value is 0.584. The molecule has 0 aromatic carbocycles. The summed E-state index contributed by atoms with van der Waals surface area (Å²) in [7, 11) is 0. The van der Waals surface area contributed by atoms with Crippen molar-refractivity contribution in [2.75, 3.05) is 0 Å². The summed E-state index contributed by atoms with van der Waals surface area (Å²) in [5.74, 6) is 0. The summed E-state index contributed by atoms with van der Waals surface area (Å²) in [6.45, 7) is 2.22. The SMILES string of the molecule is CCCCC1=[C-]CC=C1.[Y]. The molecule has 0 amide bonds. The maximum Gasteiger partial charge on any atom is 0 e. The van der Waals surface area contributed by atoms with Gasteiger partial charge in [-0.25, -0.2) is 11.6 Å². The largest absolute Gasteiger partial charge is 0.269 e. The van der Waals surface area contributed by atoms with Gasteiger partial charge in [0.05, 0.1) is 0 Å². The molecule has 0 saturated heterocycles. The van der Waals surface area contributed by atoms with Crippen LogP contribution in [0.25, 0.3) is 0 Å². The molecule has 1 heteroatoms. The minimum atomic E-state index is 0. The monoisotopic (exact) mass is 210 g/mol. The van der Waals surface area contributed by atoms with E-state index in [2.05, 4.69) is 25.2 Å². The summed E-state index contributed by atoms with van der Waals surface area (Å²) in [6, 6.07) is 0. The van der Waals surface area contributed by atoms with Crippen LogP contribution in [0.1, 0.15) is 32.6 Å². The van der Waals surface area contributed by atoms with E-state index in [-0.39, 0.29) is 32.7 Å². The second-order valence-corrected chi connectivity index (χ2v) is 2.41. The van der Waals surface area contributed by atoms with Crippen LogP contribution in [0, 0.1) is 6.08 Å². The number of hydrogen-bond donors (Lipinski definition) is 0. The van der Waals surface area contributed by atoms with Gasteiger partial charge in [0.25, 0.3) is 0 Å². The van der Waals surface area contributed by atoms with Crippen LogP contribution in [0.15, 0.2) is 17.7 Å². The van der Waals surface area contributed by atoms with Gasteiger partial charge in [0, 0.05) is 32.7 Å². The van der Waals surface area contributed by atoms with Crippen molar-refractivity contribution in [1.82, 2.24) is 0 Å². The van der Waals surface area contributed by atoms with Gasteiger partial charge in [0.15, 0.2) is 0 Å². The van der Waals surface area contributed by atoms with Crippen LogP contribution < -0.4 is 0 Å². The number of allylic oxidation sites excluding steroid dienone is 4. The normalized spacial score (nSPS) is 14.7. The first-order chi connectivity index (χ1) is 4.43. The number of unbranched alkanes of at least 4 members (excludes halogenated alkanes) is 1. The zero-order valence-corrected chi connectivity index (χ0v) is 9.40. The summed E-state index contributed by atoms with van der Waals surface area (Å²) < 4.78 is 0. The van der Waals surface area contributed by atoms with Crippen molar-refractivity contribution in [1.29, 1.82) is 0 Å². The predicted octanol–water partition coefficient (Wildman–Crippen LogP) is 2.86. The Morgan fingerprint density at radius 3 is 2.90 bits per heavy atom. The van der Waals surface area contributed by atoms with Crippen molar-refractivity contribution in [3.05, 3.63) is 23.8 Å². The Bertz CT molecular complexity index is 134. The average molecular weight is 210 g/mol. The van der Waals surface area contributed by atoms with Crippen LogP contribution in [0.5, 0.6) is 0 Å². The van der Waals surface area contributed by atoms with Crippen LogP contribution in [-0.4, -0.2) is 0 Å². The maximum atomic E-state index is 3.30. The van der Waals surface area contributed by atoms with Gasteiger partial charge in [0.2, 0.25) is 0 Å². The standard InChI is InChI=1S/C9H13.Y/c1-2-3-6-9-7-4-5-8-9;/h4,7H,2-3,5-6H2,1H3;/q-1;. The van der Waals surface area contributed by atoms with E-state index in [9.17, 15) is 0 Å². The molecule has 10 heavy (non-hydrogen) atoms. The molecular weight excluding hydrogens is 197 g/mol. The first-order valence-corrected chi connectivity index (χ1v) is 3.69. The van der Waals surface area contributed by atoms with E-state index in [4.69, 9.17) is 0 Å². The van der Waals surface area contributed by atoms with Crippen molar-refractivity contribution < 1.29 is 32.7 Å². The van der Waals surface area contributed by atoms with E-state index in [0.29, 0.717) is 0 Å².